The molecule has 3 nitrogen and oxygen atoms in total. The lowest BCUT2D eigenvalue weighted by Gasteiger charge is -2.02. The number of esters is 1. The zero-order valence-corrected chi connectivity index (χ0v) is 9.37. The van der Waals surface area contributed by atoms with Crippen LogP contribution in [0.5, 0.6) is 0 Å². The van der Waals surface area contributed by atoms with Gasteiger partial charge >= 0.3 is 5.97 Å². The fourth-order valence-electron chi connectivity index (χ4n) is 1.82. The molecule has 0 unspecified atom stereocenters. The van der Waals surface area contributed by atoms with E-state index in [1.54, 1.807) is 11.6 Å². The van der Waals surface area contributed by atoms with Gasteiger partial charge in [0, 0.05) is 12.4 Å². The van der Waals surface area contributed by atoms with Crippen LogP contribution in [0.25, 0.3) is 10.9 Å². The normalized spacial score (nSPS) is 10.8. The Labute approximate surface area is 92.4 Å². The molecular weight excluding hydrogens is 209 g/mol. The topological polar surface area (TPSA) is 31.2 Å². The first-order valence-electron chi connectivity index (χ1n) is 4.88. The number of halogens is 1. The first-order valence-corrected chi connectivity index (χ1v) is 4.88. The summed E-state index contributed by atoms with van der Waals surface area (Å²) in [6.45, 7) is 1.81. The maximum Gasteiger partial charge on any atom is 0.354 e. The van der Waals surface area contributed by atoms with E-state index in [0.29, 0.717) is 16.6 Å². The highest BCUT2D eigenvalue weighted by Gasteiger charge is 2.15. The minimum Gasteiger partial charge on any atom is -0.464 e. The number of carbonyl (C=O) groups is 1. The van der Waals surface area contributed by atoms with Crippen LogP contribution in [0.15, 0.2) is 18.2 Å². The van der Waals surface area contributed by atoms with E-state index in [4.69, 9.17) is 0 Å². The van der Waals surface area contributed by atoms with Crippen molar-refractivity contribution in [2.24, 2.45) is 7.05 Å². The molecule has 0 aliphatic carbocycles. The van der Waals surface area contributed by atoms with Crippen LogP contribution >= 0.6 is 0 Å². The molecule has 4 heteroatoms. The molecule has 84 valence electrons. The molecule has 0 bridgehead atoms. The molecule has 0 saturated heterocycles. The van der Waals surface area contributed by atoms with Gasteiger partial charge < -0.3 is 9.30 Å². The maximum atomic E-state index is 13.6. The number of aryl methyl sites for hydroxylation is 2. The second-order valence-electron chi connectivity index (χ2n) is 3.76. The van der Waals surface area contributed by atoms with E-state index in [2.05, 4.69) is 4.74 Å². The third-order valence-corrected chi connectivity index (χ3v) is 2.65. The van der Waals surface area contributed by atoms with E-state index in [1.165, 1.54) is 19.2 Å². The van der Waals surface area contributed by atoms with Gasteiger partial charge in [0.1, 0.15) is 11.5 Å². The molecule has 16 heavy (non-hydrogen) atoms. The highest BCUT2D eigenvalue weighted by atomic mass is 19.1. The predicted molar refractivity (Wildman–Crippen MR) is 59.0 cm³/mol. The number of hydrogen-bond acceptors (Lipinski definition) is 2. The zero-order valence-electron chi connectivity index (χ0n) is 9.37. The first-order chi connectivity index (χ1) is 7.54. The predicted octanol–water partition coefficient (Wildman–Crippen LogP) is 2.41. The van der Waals surface area contributed by atoms with Crippen molar-refractivity contribution in [3.63, 3.8) is 0 Å². The Kier molecular flexibility index (Phi) is 2.42. The van der Waals surface area contributed by atoms with E-state index in [9.17, 15) is 9.18 Å². The Bertz CT molecular complexity index is 572. The summed E-state index contributed by atoms with van der Waals surface area (Å²) in [5, 5.41) is 0.438. The van der Waals surface area contributed by atoms with Crippen molar-refractivity contribution in [2.75, 3.05) is 7.11 Å². The molecule has 0 N–H and O–H groups in total. The summed E-state index contributed by atoms with van der Waals surface area (Å²) < 4.78 is 19.9. The number of hydrogen-bond donors (Lipinski definition) is 0. The van der Waals surface area contributed by atoms with Gasteiger partial charge in [0.05, 0.1) is 12.6 Å². The molecule has 0 radical (unpaired) electrons. The van der Waals surface area contributed by atoms with Crippen molar-refractivity contribution < 1.29 is 13.9 Å². The average molecular weight is 221 g/mol. The van der Waals surface area contributed by atoms with Gasteiger partial charge in [0.2, 0.25) is 0 Å². The van der Waals surface area contributed by atoms with Crippen molar-refractivity contribution in [2.45, 2.75) is 6.92 Å². The monoisotopic (exact) mass is 221 g/mol. The molecule has 1 heterocycles. The van der Waals surface area contributed by atoms with Gasteiger partial charge in [-0.05, 0) is 30.7 Å². The molecule has 0 saturated carbocycles. The number of rotatable bonds is 1. The largest absolute Gasteiger partial charge is 0.464 e. The lowest BCUT2D eigenvalue weighted by Crippen LogP contribution is -2.06. The number of methoxy groups -OCH3 is 1. The van der Waals surface area contributed by atoms with Crippen LogP contribution in [-0.2, 0) is 11.8 Å². The summed E-state index contributed by atoms with van der Waals surface area (Å²) in [7, 11) is 3.02. The second kappa shape index (κ2) is 3.63. The Morgan fingerprint density at radius 3 is 2.69 bits per heavy atom. The van der Waals surface area contributed by atoms with Gasteiger partial charge in [-0.25, -0.2) is 9.18 Å². The first kappa shape index (κ1) is 10.7. The second-order valence-corrected chi connectivity index (χ2v) is 3.76. The fraction of sp³-hybridized carbons (Fsp3) is 0.250. The highest BCUT2D eigenvalue weighted by Crippen LogP contribution is 2.23. The van der Waals surface area contributed by atoms with Gasteiger partial charge in [-0.2, -0.15) is 0 Å². The van der Waals surface area contributed by atoms with Crippen LogP contribution < -0.4 is 0 Å². The molecule has 1 aromatic heterocycles. The molecule has 2 aromatic rings. The Morgan fingerprint density at radius 1 is 1.38 bits per heavy atom. The molecule has 0 aliphatic rings. The van der Waals surface area contributed by atoms with E-state index in [0.717, 1.165) is 5.56 Å². The third-order valence-electron chi connectivity index (χ3n) is 2.65. The molecular formula is C12H12FNO2. The van der Waals surface area contributed by atoms with E-state index >= 15 is 0 Å². The third kappa shape index (κ3) is 1.46. The summed E-state index contributed by atoms with van der Waals surface area (Å²) in [5.41, 5.74) is 1.86. The number of carbonyl (C=O) groups excluding carboxylic acids is 1. The summed E-state index contributed by atoms with van der Waals surface area (Å²) in [5.74, 6) is -0.781. The minimum absolute atomic E-state index is 0.319. The van der Waals surface area contributed by atoms with Gasteiger partial charge in [0.15, 0.2) is 0 Å². The van der Waals surface area contributed by atoms with Gasteiger partial charge in [-0.15, -0.1) is 0 Å². The number of benzene rings is 1. The lowest BCUT2D eigenvalue weighted by atomic mass is 10.2. The van der Waals surface area contributed by atoms with Crippen LogP contribution in [0.1, 0.15) is 16.1 Å². The summed E-state index contributed by atoms with van der Waals surface area (Å²) in [6.07, 6.45) is 0. The number of ether oxygens (including phenoxy) is 1. The summed E-state index contributed by atoms with van der Waals surface area (Å²) in [6, 6.07) is 4.80. The summed E-state index contributed by atoms with van der Waals surface area (Å²) in [4.78, 5) is 11.4. The Hall–Kier alpha value is -1.84. The number of nitrogens with zero attached hydrogens (tertiary/aromatic N) is 1. The van der Waals surface area contributed by atoms with Crippen LogP contribution in [-0.4, -0.2) is 17.6 Å². The molecule has 0 fully saturated rings. The highest BCUT2D eigenvalue weighted by molar-refractivity contribution is 5.95. The van der Waals surface area contributed by atoms with Crippen LogP contribution in [0.2, 0.25) is 0 Å². The van der Waals surface area contributed by atoms with E-state index in [-0.39, 0.29) is 5.82 Å². The lowest BCUT2D eigenvalue weighted by molar-refractivity contribution is 0.0590. The summed E-state index contributed by atoms with van der Waals surface area (Å²) >= 11 is 0. The quantitative estimate of drug-likeness (QED) is 0.692. The maximum absolute atomic E-state index is 13.6. The molecule has 0 atom stereocenters. The Morgan fingerprint density at radius 2 is 2.06 bits per heavy atom. The van der Waals surface area contributed by atoms with Gasteiger partial charge in [-0.3, -0.25) is 0 Å². The fourth-order valence-corrected chi connectivity index (χ4v) is 1.82. The van der Waals surface area contributed by atoms with Crippen LogP contribution in [0.4, 0.5) is 4.39 Å². The molecule has 0 aliphatic heterocycles. The average Bonchev–Trinajstić information content (AvgIpc) is 2.56. The number of fused-ring (bicyclic) bond motifs is 1. The van der Waals surface area contributed by atoms with Gasteiger partial charge in [-0.1, -0.05) is 0 Å². The van der Waals surface area contributed by atoms with Crippen LogP contribution in [0, 0.1) is 12.7 Å². The van der Waals surface area contributed by atoms with Crippen LogP contribution in [0.3, 0.4) is 0 Å². The zero-order chi connectivity index (χ0) is 11.9. The molecule has 1 aromatic carbocycles. The molecule has 0 spiro atoms. The molecule has 2 rings (SSSR count). The van der Waals surface area contributed by atoms with Crippen molar-refractivity contribution in [3.8, 4) is 0 Å². The smallest absolute Gasteiger partial charge is 0.354 e. The SMILES string of the molecule is COC(=O)c1cc2c(F)cc(C)cc2n1C. The van der Waals surface area contributed by atoms with Crippen molar-refractivity contribution in [1.29, 1.82) is 0 Å². The molecule has 0 amide bonds. The Balaban J connectivity index is 2.77. The van der Waals surface area contributed by atoms with Crippen molar-refractivity contribution >= 4 is 16.9 Å². The van der Waals surface area contributed by atoms with Gasteiger partial charge in [0.25, 0.3) is 0 Å². The van der Waals surface area contributed by atoms with Crippen molar-refractivity contribution in [3.05, 3.63) is 35.3 Å². The van der Waals surface area contributed by atoms with Crippen molar-refractivity contribution in [1.82, 2.24) is 4.57 Å². The number of aromatic nitrogens is 1. The van der Waals surface area contributed by atoms with E-state index < -0.39 is 5.97 Å². The standard InChI is InChI=1S/C12H12FNO2/c1-7-4-9(13)8-6-11(12(15)16-3)14(2)10(8)5-7/h4-6H,1-3H3. The van der Waals surface area contributed by atoms with E-state index in [1.807, 2.05) is 13.0 Å². The minimum atomic E-state index is -0.462.